The van der Waals surface area contributed by atoms with Crippen molar-refractivity contribution in [1.82, 2.24) is 9.97 Å². The van der Waals surface area contributed by atoms with Gasteiger partial charge in [0, 0.05) is 30.5 Å². The summed E-state index contributed by atoms with van der Waals surface area (Å²) in [4.78, 5) is 8.70. The van der Waals surface area contributed by atoms with E-state index in [4.69, 9.17) is 5.11 Å². The van der Waals surface area contributed by atoms with Crippen LogP contribution in [0.1, 0.15) is 12.0 Å². The Morgan fingerprint density at radius 2 is 1.87 bits per heavy atom. The monoisotopic (exact) mass is 436 g/mol. The number of benzene rings is 2. The maximum absolute atomic E-state index is 13.4. The van der Waals surface area contributed by atoms with E-state index in [2.05, 4.69) is 25.3 Å². The van der Waals surface area contributed by atoms with E-state index in [1.807, 2.05) is 0 Å². The Morgan fingerprint density at radius 3 is 2.58 bits per heavy atom. The van der Waals surface area contributed by atoms with Gasteiger partial charge in [0.1, 0.15) is 17.4 Å². The normalized spacial score (nSPS) is 11.3. The first-order valence-corrected chi connectivity index (χ1v) is 9.37. The van der Waals surface area contributed by atoms with Crippen molar-refractivity contribution in [3.05, 3.63) is 59.9 Å². The SMILES string of the molecule is Cc1cc(F)ccc1Nc1cc(-c2cccc(OC(F)(F)F)c2)nc(NCCCO)n1. The minimum atomic E-state index is -4.81. The van der Waals surface area contributed by atoms with Gasteiger partial charge in [0.2, 0.25) is 5.95 Å². The fourth-order valence-electron chi connectivity index (χ4n) is 2.78. The molecule has 0 bridgehead atoms. The average Bonchev–Trinajstić information content (AvgIpc) is 2.69. The lowest BCUT2D eigenvalue weighted by atomic mass is 10.1. The highest BCUT2D eigenvalue weighted by atomic mass is 19.4. The Bertz CT molecular complexity index is 1040. The van der Waals surface area contributed by atoms with Crippen molar-refractivity contribution in [2.45, 2.75) is 19.7 Å². The van der Waals surface area contributed by atoms with Gasteiger partial charge >= 0.3 is 6.36 Å². The molecule has 0 radical (unpaired) electrons. The summed E-state index contributed by atoms with van der Waals surface area (Å²) in [7, 11) is 0. The number of hydrogen-bond donors (Lipinski definition) is 3. The number of aryl methyl sites for hydroxylation is 1. The summed E-state index contributed by atoms with van der Waals surface area (Å²) in [5.74, 6) is -0.176. The van der Waals surface area contributed by atoms with Crippen molar-refractivity contribution < 1.29 is 27.4 Å². The van der Waals surface area contributed by atoms with Crippen LogP contribution in [0.25, 0.3) is 11.3 Å². The largest absolute Gasteiger partial charge is 0.573 e. The highest BCUT2D eigenvalue weighted by molar-refractivity contribution is 5.69. The highest BCUT2D eigenvalue weighted by Crippen LogP contribution is 2.29. The number of aliphatic hydroxyl groups is 1. The molecule has 0 atom stereocenters. The third-order valence-corrected chi connectivity index (χ3v) is 4.16. The number of alkyl halides is 3. The summed E-state index contributed by atoms with van der Waals surface area (Å²) in [6.07, 6.45) is -4.35. The number of halogens is 4. The van der Waals surface area contributed by atoms with Crippen LogP contribution in [-0.2, 0) is 0 Å². The van der Waals surface area contributed by atoms with E-state index >= 15 is 0 Å². The van der Waals surface area contributed by atoms with E-state index in [-0.39, 0.29) is 24.1 Å². The Balaban J connectivity index is 1.96. The van der Waals surface area contributed by atoms with Gasteiger partial charge in [-0.15, -0.1) is 13.2 Å². The number of nitrogens with zero attached hydrogens (tertiary/aromatic N) is 2. The van der Waals surface area contributed by atoms with Gasteiger partial charge < -0.3 is 20.5 Å². The molecule has 0 aliphatic heterocycles. The van der Waals surface area contributed by atoms with E-state index in [1.165, 1.54) is 30.3 Å². The summed E-state index contributed by atoms with van der Waals surface area (Å²) in [5, 5.41) is 15.0. The molecule has 1 aromatic heterocycles. The van der Waals surface area contributed by atoms with Gasteiger partial charge in [-0.1, -0.05) is 12.1 Å². The van der Waals surface area contributed by atoms with Crippen LogP contribution in [0.15, 0.2) is 48.5 Å². The van der Waals surface area contributed by atoms with Crippen LogP contribution in [0.3, 0.4) is 0 Å². The number of hydrogen-bond acceptors (Lipinski definition) is 6. The van der Waals surface area contributed by atoms with Crippen molar-refractivity contribution in [3.8, 4) is 17.0 Å². The van der Waals surface area contributed by atoms with Crippen molar-refractivity contribution in [2.24, 2.45) is 0 Å². The molecular weight excluding hydrogens is 416 g/mol. The Morgan fingerprint density at radius 1 is 1.06 bits per heavy atom. The molecule has 6 nitrogen and oxygen atoms in total. The number of aromatic nitrogens is 2. The zero-order chi connectivity index (χ0) is 22.4. The zero-order valence-corrected chi connectivity index (χ0v) is 16.5. The minimum Gasteiger partial charge on any atom is -0.406 e. The number of rotatable bonds is 8. The Hall–Kier alpha value is -3.40. The second-order valence-electron chi connectivity index (χ2n) is 6.63. The number of nitrogens with one attached hydrogen (secondary N) is 2. The molecule has 0 unspecified atom stereocenters. The molecule has 0 amide bonds. The first-order chi connectivity index (χ1) is 14.7. The summed E-state index contributed by atoms with van der Waals surface area (Å²) < 4.78 is 55.1. The molecule has 3 N–H and O–H groups in total. The fourth-order valence-corrected chi connectivity index (χ4v) is 2.78. The molecule has 3 rings (SSSR count). The number of ether oxygens (including phenoxy) is 1. The predicted molar refractivity (Wildman–Crippen MR) is 109 cm³/mol. The molecule has 0 aliphatic carbocycles. The third kappa shape index (κ3) is 6.54. The molecule has 2 aromatic carbocycles. The van der Waals surface area contributed by atoms with Crippen molar-refractivity contribution in [1.29, 1.82) is 0 Å². The Labute approximate surface area is 175 Å². The van der Waals surface area contributed by atoms with Gasteiger partial charge in [-0.05, 0) is 49.2 Å². The van der Waals surface area contributed by atoms with Crippen LogP contribution in [0.2, 0.25) is 0 Å². The van der Waals surface area contributed by atoms with E-state index < -0.39 is 6.36 Å². The molecule has 0 saturated heterocycles. The van der Waals surface area contributed by atoms with E-state index in [0.29, 0.717) is 41.3 Å². The summed E-state index contributed by atoms with van der Waals surface area (Å²) in [6, 6.07) is 11.2. The standard InChI is InChI=1S/C21H20F4N4O2/c1-13-10-15(22)6-7-17(13)27-19-12-18(28-20(29-19)26-8-3-9-30)14-4-2-5-16(11-14)31-21(23,24)25/h2,4-7,10-12,30H,3,8-9H2,1H3,(H2,26,27,28,29). The Kier molecular flexibility index (Phi) is 6.91. The molecule has 0 spiro atoms. The molecule has 164 valence electrons. The second-order valence-corrected chi connectivity index (χ2v) is 6.63. The summed E-state index contributed by atoms with van der Waals surface area (Å²) in [5.41, 5.74) is 1.99. The van der Waals surface area contributed by atoms with Crippen LogP contribution in [-0.4, -0.2) is 34.6 Å². The van der Waals surface area contributed by atoms with Gasteiger partial charge in [-0.3, -0.25) is 0 Å². The van der Waals surface area contributed by atoms with Gasteiger partial charge in [0.15, 0.2) is 0 Å². The first-order valence-electron chi connectivity index (χ1n) is 9.37. The molecule has 1 heterocycles. The van der Waals surface area contributed by atoms with E-state index in [1.54, 1.807) is 25.1 Å². The van der Waals surface area contributed by atoms with E-state index in [0.717, 1.165) is 0 Å². The van der Waals surface area contributed by atoms with Gasteiger partial charge in [0.25, 0.3) is 0 Å². The average molecular weight is 436 g/mol. The molecule has 31 heavy (non-hydrogen) atoms. The number of aliphatic hydroxyl groups excluding tert-OH is 1. The molecule has 0 fully saturated rings. The van der Waals surface area contributed by atoms with Crippen LogP contribution in [0.5, 0.6) is 5.75 Å². The lowest BCUT2D eigenvalue weighted by Crippen LogP contribution is -2.17. The van der Waals surface area contributed by atoms with Crippen molar-refractivity contribution in [3.63, 3.8) is 0 Å². The van der Waals surface area contributed by atoms with Crippen LogP contribution < -0.4 is 15.4 Å². The predicted octanol–water partition coefficient (Wildman–Crippen LogP) is 5.03. The lowest BCUT2D eigenvalue weighted by Gasteiger charge is -2.14. The van der Waals surface area contributed by atoms with Crippen LogP contribution >= 0.6 is 0 Å². The molecule has 0 saturated carbocycles. The third-order valence-electron chi connectivity index (χ3n) is 4.16. The molecule has 0 aliphatic rings. The second kappa shape index (κ2) is 9.61. The highest BCUT2D eigenvalue weighted by Gasteiger charge is 2.31. The van der Waals surface area contributed by atoms with Gasteiger partial charge in [-0.25, -0.2) is 9.37 Å². The van der Waals surface area contributed by atoms with Crippen LogP contribution in [0.4, 0.5) is 35.0 Å². The van der Waals surface area contributed by atoms with Crippen molar-refractivity contribution in [2.75, 3.05) is 23.8 Å². The maximum atomic E-state index is 13.4. The molecular formula is C21H20F4N4O2. The first kappa shape index (κ1) is 22.3. The van der Waals surface area contributed by atoms with Gasteiger partial charge in [0.05, 0.1) is 5.69 Å². The zero-order valence-electron chi connectivity index (χ0n) is 16.5. The number of anilines is 3. The summed E-state index contributed by atoms with van der Waals surface area (Å²) >= 11 is 0. The topological polar surface area (TPSA) is 79.3 Å². The van der Waals surface area contributed by atoms with Crippen molar-refractivity contribution >= 4 is 17.5 Å². The maximum Gasteiger partial charge on any atom is 0.573 e. The summed E-state index contributed by atoms with van der Waals surface area (Å²) in [6.45, 7) is 2.10. The fraction of sp³-hybridized carbons (Fsp3) is 0.238. The van der Waals surface area contributed by atoms with Gasteiger partial charge in [-0.2, -0.15) is 4.98 Å². The van der Waals surface area contributed by atoms with E-state index in [9.17, 15) is 17.6 Å². The minimum absolute atomic E-state index is 0.0244. The smallest absolute Gasteiger partial charge is 0.406 e. The van der Waals surface area contributed by atoms with Crippen LogP contribution in [0, 0.1) is 12.7 Å². The molecule has 3 aromatic rings. The quantitative estimate of drug-likeness (QED) is 0.340. The lowest BCUT2D eigenvalue weighted by molar-refractivity contribution is -0.274. The molecule has 10 heteroatoms.